The van der Waals surface area contributed by atoms with Crippen LogP contribution >= 0.6 is 0 Å². The second-order valence-electron chi connectivity index (χ2n) is 6.17. The van der Waals surface area contributed by atoms with Crippen LogP contribution in [0.5, 0.6) is 0 Å². The summed E-state index contributed by atoms with van der Waals surface area (Å²) in [6.45, 7) is 7.94. The molecular weight excluding hydrogens is 290 g/mol. The summed E-state index contributed by atoms with van der Waals surface area (Å²) in [6, 6.07) is 9.84. The number of hydrogen-bond acceptors (Lipinski definition) is 3. The minimum Gasteiger partial charge on any atom is -0.433 e. The summed E-state index contributed by atoms with van der Waals surface area (Å²) < 4.78 is 7.73. The number of nitrogens with zero attached hydrogens (tertiary/aromatic N) is 3. The van der Waals surface area contributed by atoms with Crippen molar-refractivity contribution >= 4 is 6.09 Å². The number of amides is 1. The van der Waals surface area contributed by atoms with Gasteiger partial charge in [0.25, 0.3) is 0 Å². The maximum Gasteiger partial charge on any atom is 0.411 e. The van der Waals surface area contributed by atoms with Crippen molar-refractivity contribution < 1.29 is 9.53 Å². The fourth-order valence-corrected chi connectivity index (χ4v) is 2.71. The van der Waals surface area contributed by atoms with Crippen LogP contribution < -0.4 is 0 Å². The molecule has 0 aliphatic carbocycles. The van der Waals surface area contributed by atoms with Gasteiger partial charge in [-0.3, -0.25) is 0 Å². The number of benzene rings is 1. The maximum atomic E-state index is 12.7. The summed E-state index contributed by atoms with van der Waals surface area (Å²) in [6.07, 6.45) is 2.71. The third kappa shape index (κ3) is 3.92. The molecule has 0 aliphatic heterocycles. The van der Waals surface area contributed by atoms with E-state index in [1.54, 1.807) is 11.1 Å². The van der Waals surface area contributed by atoms with E-state index in [4.69, 9.17) is 4.74 Å². The molecule has 1 heterocycles. The van der Waals surface area contributed by atoms with E-state index in [1.807, 2.05) is 75.8 Å². The number of imidazole rings is 1. The van der Waals surface area contributed by atoms with Crippen LogP contribution in [0.4, 0.5) is 4.79 Å². The maximum absolute atomic E-state index is 12.7. The minimum absolute atomic E-state index is 0.0697. The van der Waals surface area contributed by atoms with Crippen molar-refractivity contribution in [3.63, 3.8) is 0 Å². The summed E-state index contributed by atoms with van der Waals surface area (Å²) in [5, 5.41) is 0. The van der Waals surface area contributed by atoms with Crippen molar-refractivity contribution in [2.75, 3.05) is 0 Å². The Kier molecular flexibility index (Phi) is 5.42. The number of hydrogen-bond donors (Lipinski definition) is 0. The lowest BCUT2D eigenvalue weighted by Crippen LogP contribution is -2.43. The van der Waals surface area contributed by atoms with Crippen LogP contribution in [-0.4, -0.2) is 32.6 Å². The van der Waals surface area contributed by atoms with Gasteiger partial charge in [0.05, 0.1) is 0 Å². The summed E-state index contributed by atoms with van der Waals surface area (Å²) >= 11 is 0. The zero-order valence-corrected chi connectivity index (χ0v) is 14.4. The third-order valence-corrected chi connectivity index (χ3v) is 3.74. The normalized spacial score (nSPS) is 12.5. The highest BCUT2D eigenvalue weighted by Gasteiger charge is 2.28. The van der Waals surface area contributed by atoms with Crippen LogP contribution in [0.3, 0.4) is 0 Å². The molecule has 0 N–H and O–H groups in total. The summed E-state index contributed by atoms with van der Waals surface area (Å²) in [5.74, 6) is 0.706. The SMILES string of the molecule is CC(C)N(C(=O)OC(c1ccccc1)c1nccn1C)C(C)C. The van der Waals surface area contributed by atoms with Gasteiger partial charge in [-0.15, -0.1) is 0 Å². The molecule has 23 heavy (non-hydrogen) atoms. The van der Waals surface area contributed by atoms with Gasteiger partial charge >= 0.3 is 6.09 Å². The van der Waals surface area contributed by atoms with Gasteiger partial charge in [0, 0.05) is 37.1 Å². The van der Waals surface area contributed by atoms with Crippen molar-refractivity contribution in [3.8, 4) is 0 Å². The number of aromatic nitrogens is 2. The highest BCUT2D eigenvalue weighted by atomic mass is 16.6. The van der Waals surface area contributed by atoms with Gasteiger partial charge in [0.1, 0.15) is 0 Å². The summed E-state index contributed by atoms with van der Waals surface area (Å²) in [7, 11) is 1.90. The molecule has 1 amide bonds. The third-order valence-electron chi connectivity index (χ3n) is 3.74. The molecule has 0 aliphatic rings. The van der Waals surface area contributed by atoms with Gasteiger partial charge in [0.2, 0.25) is 0 Å². The molecule has 5 nitrogen and oxygen atoms in total. The molecule has 0 fully saturated rings. The van der Waals surface area contributed by atoms with Crippen LogP contribution in [0.25, 0.3) is 0 Å². The standard InChI is InChI=1S/C18H25N3O2/c1-13(2)21(14(3)4)18(22)23-16(15-9-7-6-8-10-15)17-19-11-12-20(17)5/h6-14,16H,1-5H3. The first-order chi connectivity index (χ1) is 10.9. The highest BCUT2D eigenvalue weighted by Crippen LogP contribution is 2.26. The monoisotopic (exact) mass is 315 g/mol. The fraction of sp³-hybridized carbons (Fsp3) is 0.444. The lowest BCUT2D eigenvalue weighted by atomic mass is 10.1. The second kappa shape index (κ2) is 7.31. The first kappa shape index (κ1) is 17.1. The smallest absolute Gasteiger partial charge is 0.411 e. The zero-order chi connectivity index (χ0) is 17.0. The zero-order valence-electron chi connectivity index (χ0n) is 14.4. The molecule has 5 heteroatoms. The van der Waals surface area contributed by atoms with Gasteiger partial charge in [-0.05, 0) is 27.7 Å². The predicted molar refractivity (Wildman–Crippen MR) is 90.1 cm³/mol. The lowest BCUT2D eigenvalue weighted by molar-refractivity contribution is 0.0543. The van der Waals surface area contributed by atoms with Crippen molar-refractivity contribution in [2.45, 2.75) is 45.9 Å². The van der Waals surface area contributed by atoms with E-state index in [2.05, 4.69) is 4.98 Å². The average molecular weight is 315 g/mol. The Morgan fingerprint density at radius 2 is 1.74 bits per heavy atom. The number of rotatable bonds is 5. The molecule has 0 saturated carbocycles. The number of carbonyl (C=O) groups excluding carboxylic acids is 1. The van der Waals surface area contributed by atoms with Gasteiger partial charge < -0.3 is 14.2 Å². The van der Waals surface area contributed by atoms with E-state index in [0.29, 0.717) is 5.82 Å². The fourth-order valence-electron chi connectivity index (χ4n) is 2.71. The van der Waals surface area contributed by atoms with Crippen LogP contribution in [0.1, 0.15) is 45.2 Å². The molecule has 0 saturated heterocycles. The second-order valence-corrected chi connectivity index (χ2v) is 6.17. The topological polar surface area (TPSA) is 47.4 Å². The predicted octanol–water partition coefficient (Wildman–Crippen LogP) is 3.76. The summed E-state index contributed by atoms with van der Waals surface area (Å²) in [4.78, 5) is 18.8. The molecule has 2 rings (SSSR count). The Labute approximate surface area is 137 Å². The molecule has 0 spiro atoms. The minimum atomic E-state index is -0.524. The molecule has 1 aromatic carbocycles. The van der Waals surface area contributed by atoms with E-state index in [1.165, 1.54) is 0 Å². The van der Waals surface area contributed by atoms with Crippen LogP contribution in [0.15, 0.2) is 42.7 Å². The van der Waals surface area contributed by atoms with Crippen molar-refractivity contribution in [2.24, 2.45) is 7.05 Å². The van der Waals surface area contributed by atoms with Gasteiger partial charge in [-0.1, -0.05) is 30.3 Å². The summed E-state index contributed by atoms with van der Waals surface area (Å²) in [5.41, 5.74) is 0.905. The van der Waals surface area contributed by atoms with E-state index >= 15 is 0 Å². The number of carbonyl (C=O) groups is 1. The highest BCUT2D eigenvalue weighted by molar-refractivity contribution is 5.69. The Bertz CT molecular complexity index is 627. The number of aryl methyl sites for hydroxylation is 1. The lowest BCUT2D eigenvalue weighted by Gasteiger charge is -2.31. The molecule has 0 radical (unpaired) electrons. The molecule has 124 valence electrons. The van der Waals surface area contributed by atoms with Crippen LogP contribution in [0.2, 0.25) is 0 Å². The van der Waals surface area contributed by atoms with Gasteiger partial charge in [-0.25, -0.2) is 9.78 Å². The first-order valence-corrected chi connectivity index (χ1v) is 7.93. The Morgan fingerprint density at radius 3 is 2.22 bits per heavy atom. The largest absolute Gasteiger partial charge is 0.433 e. The molecule has 1 aromatic heterocycles. The molecule has 2 aromatic rings. The van der Waals surface area contributed by atoms with Crippen LogP contribution in [-0.2, 0) is 11.8 Å². The Morgan fingerprint density at radius 1 is 1.13 bits per heavy atom. The van der Waals surface area contributed by atoms with E-state index in [9.17, 15) is 4.79 Å². The van der Waals surface area contributed by atoms with E-state index in [-0.39, 0.29) is 18.2 Å². The van der Waals surface area contributed by atoms with Crippen molar-refractivity contribution in [3.05, 3.63) is 54.1 Å². The van der Waals surface area contributed by atoms with Crippen molar-refractivity contribution in [1.82, 2.24) is 14.5 Å². The van der Waals surface area contributed by atoms with Gasteiger partial charge in [0.15, 0.2) is 11.9 Å². The van der Waals surface area contributed by atoms with E-state index < -0.39 is 6.10 Å². The average Bonchev–Trinajstić information content (AvgIpc) is 2.91. The number of ether oxygens (including phenoxy) is 1. The Balaban J connectivity index is 2.32. The van der Waals surface area contributed by atoms with E-state index in [0.717, 1.165) is 5.56 Å². The van der Waals surface area contributed by atoms with Crippen LogP contribution in [0, 0.1) is 0 Å². The van der Waals surface area contributed by atoms with Crippen molar-refractivity contribution in [1.29, 1.82) is 0 Å². The quantitative estimate of drug-likeness (QED) is 0.844. The molecule has 1 atom stereocenters. The first-order valence-electron chi connectivity index (χ1n) is 7.93. The molecular formula is C18H25N3O2. The molecule has 0 bridgehead atoms. The van der Waals surface area contributed by atoms with Gasteiger partial charge in [-0.2, -0.15) is 0 Å². The molecule has 1 unspecified atom stereocenters. The Hall–Kier alpha value is -2.30.